The molecule has 0 fully saturated rings. The van der Waals surface area contributed by atoms with E-state index in [0.29, 0.717) is 29.3 Å². The van der Waals surface area contributed by atoms with Gasteiger partial charge in [0.1, 0.15) is 16.9 Å². The van der Waals surface area contributed by atoms with E-state index in [1.807, 2.05) is 48.2 Å². The van der Waals surface area contributed by atoms with Crippen molar-refractivity contribution in [2.45, 2.75) is 19.4 Å². The van der Waals surface area contributed by atoms with Crippen LogP contribution in [-0.4, -0.2) is 41.3 Å². The van der Waals surface area contributed by atoms with Crippen molar-refractivity contribution in [1.29, 1.82) is 0 Å². The van der Waals surface area contributed by atoms with E-state index in [0.717, 1.165) is 34.6 Å². The van der Waals surface area contributed by atoms with Gasteiger partial charge in [-0.05, 0) is 36.8 Å². The van der Waals surface area contributed by atoms with E-state index in [4.69, 9.17) is 21.1 Å². The average molecular weight is 433 g/mol. The molecular formula is C21H17ClN8O. The zero-order valence-electron chi connectivity index (χ0n) is 16.5. The summed E-state index contributed by atoms with van der Waals surface area (Å²) in [6.07, 6.45) is 4.20. The fourth-order valence-corrected chi connectivity index (χ4v) is 4.26. The lowest BCUT2D eigenvalue weighted by Gasteiger charge is -2.32. The zero-order chi connectivity index (χ0) is 20.9. The number of nitrogens with zero attached hydrogens (tertiary/aromatic N) is 7. The lowest BCUT2D eigenvalue weighted by molar-refractivity contribution is 0.502. The Morgan fingerprint density at radius 1 is 1.16 bits per heavy atom. The predicted octanol–water partition coefficient (Wildman–Crippen LogP) is 3.62. The van der Waals surface area contributed by atoms with E-state index in [1.54, 1.807) is 17.0 Å². The Labute approximate surface area is 181 Å². The smallest absolute Gasteiger partial charge is 0.319 e. The minimum atomic E-state index is -0.288. The first-order valence-electron chi connectivity index (χ1n) is 9.87. The molecule has 6 rings (SSSR count). The van der Waals surface area contributed by atoms with Crippen LogP contribution in [0.25, 0.3) is 17.1 Å². The fraction of sp³-hybridized carbons (Fsp3) is 0.190. The molecule has 0 unspecified atom stereocenters. The summed E-state index contributed by atoms with van der Waals surface area (Å²) in [5, 5.41) is 13.9. The first-order valence-corrected chi connectivity index (χ1v) is 10.3. The van der Waals surface area contributed by atoms with E-state index in [9.17, 15) is 0 Å². The molecular weight excluding hydrogens is 416 g/mol. The third-order valence-corrected chi connectivity index (χ3v) is 5.82. The van der Waals surface area contributed by atoms with Crippen LogP contribution in [0.2, 0.25) is 5.15 Å². The van der Waals surface area contributed by atoms with Crippen LogP contribution in [0.15, 0.2) is 53.3 Å². The first kappa shape index (κ1) is 18.1. The number of hydrogen-bond donors (Lipinski definition) is 1. The number of H-pyrrole nitrogens is 1. The monoisotopic (exact) mass is 432 g/mol. The quantitative estimate of drug-likeness (QED) is 0.434. The van der Waals surface area contributed by atoms with Crippen molar-refractivity contribution < 1.29 is 4.42 Å². The topological polar surface area (TPSA) is 101 Å². The lowest BCUT2D eigenvalue weighted by atomic mass is 10.0. The normalized spacial score (nSPS) is 16.1. The third-order valence-electron chi connectivity index (χ3n) is 5.54. The Balaban J connectivity index is 1.46. The molecule has 154 valence electrons. The first-order chi connectivity index (χ1) is 15.2. The van der Waals surface area contributed by atoms with Crippen molar-refractivity contribution in [1.82, 2.24) is 34.8 Å². The third kappa shape index (κ3) is 2.89. The number of anilines is 1. The van der Waals surface area contributed by atoms with Gasteiger partial charge in [0.25, 0.3) is 5.89 Å². The minimum absolute atomic E-state index is 0.288. The van der Waals surface area contributed by atoms with Crippen LogP contribution < -0.4 is 4.90 Å². The standard InChI is InChI=1S/C21H17ClN8O/c1-12-4-3-8-23-17(12)20-26-27-21(31-20)29-9-7-14-18(25-11-24-14)19(29)15-10-13-5-2-6-16(22)30(13)28-15/h2-6,8,10-11,19H,7,9H2,1H3,(H,24,25)/t19-/m1/s1. The summed E-state index contributed by atoms with van der Waals surface area (Å²) in [5.74, 6) is 0.387. The van der Waals surface area contributed by atoms with Gasteiger partial charge >= 0.3 is 6.01 Å². The molecule has 1 N–H and O–H groups in total. The number of hydrogen-bond acceptors (Lipinski definition) is 7. The summed E-state index contributed by atoms with van der Waals surface area (Å²) in [6, 6.07) is 11.6. The molecule has 0 radical (unpaired) electrons. The highest BCUT2D eigenvalue weighted by molar-refractivity contribution is 6.29. The van der Waals surface area contributed by atoms with Gasteiger partial charge in [0.2, 0.25) is 0 Å². The highest BCUT2D eigenvalue weighted by Gasteiger charge is 2.36. The molecule has 0 amide bonds. The number of rotatable bonds is 3. The van der Waals surface area contributed by atoms with Crippen LogP contribution in [-0.2, 0) is 6.42 Å². The highest BCUT2D eigenvalue weighted by Crippen LogP contribution is 2.37. The van der Waals surface area contributed by atoms with E-state index in [2.05, 4.69) is 25.1 Å². The van der Waals surface area contributed by atoms with Crippen molar-refractivity contribution in [3.8, 4) is 11.6 Å². The van der Waals surface area contributed by atoms with Gasteiger partial charge in [-0.1, -0.05) is 28.8 Å². The molecule has 10 heteroatoms. The molecule has 6 heterocycles. The van der Waals surface area contributed by atoms with Gasteiger partial charge in [0, 0.05) is 24.9 Å². The van der Waals surface area contributed by atoms with Gasteiger partial charge in [-0.25, -0.2) is 9.50 Å². The minimum Gasteiger partial charge on any atom is -0.402 e. The fourth-order valence-electron chi connectivity index (χ4n) is 4.05. The molecule has 0 aromatic carbocycles. The molecule has 1 aliphatic heterocycles. The summed E-state index contributed by atoms with van der Waals surface area (Å²) < 4.78 is 7.79. The lowest BCUT2D eigenvalue weighted by Crippen LogP contribution is -2.36. The molecule has 0 spiro atoms. The maximum absolute atomic E-state index is 6.35. The number of aryl methyl sites for hydroxylation is 1. The van der Waals surface area contributed by atoms with Gasteiger partial charge in [-0.2, -0.15) is 5.10 Å². The number of pyridine rings is 2. The maximum atomic E-state index is 6.35. The number of imidazole rings is 1. The van der Waals surface area contributed by atoms with Crippen molar-refractivity contribution in [3.05, 3.63) is 76.7 Å². The highest BCUT2D eigenvalue weighted by atomic mass is 35.5. The number of halogens is 1. The molecule has 1 aliphatic rings. The second-order valence-corrected chi connectivity index (χ2v) is 7.81. The van der Waals surface area contributed by atoms with Gasteiger partial charge in [0.15, 0.2) is 0 Å². The average Bonchev–Trinajstić information content (AvgIpc) is 3.52. The van der Waals surface area contributed by atoms with E-state index in [-0.39, 0.29) is 6.04 Å². The maximum Gasteiger partial charge on any atom is 0.319 e. The Morgan fingerprint density at radius 2 is 2.10 bits per heavy atom. The van der Waals surface area contributed by atoms with Crippen molar-refractivity contribution in [2.24, 2.45) is 0 Å². The number of nitrogens with one attached hydrogen (secondary N) is 1. The van der Waals surface area contributed by atoms with Gasteiger partial charge in [-0.3, -0.25) is 4.98 Å². The van der Waals surface area contributed by atoms with Crippen LogP contribution in [0, 0.1) is 6.92 Å². The molecule has 0 bridgehead atoms. The molecule has 31 heavy (non-hydrogen) atoms. The van der Waals surface area contributed by atoms with Crippen LogP contribution in [0.4, 0.5) is 6.01 Å². The molecule has 1 atom stereocenters. The summed E-state index contributed by atoms with van der Waals surface area (Å²) >= 11 is 6.35. The number of aromatic amines is 1. The van der Waals surface area contributed by atoms with Crippen molar-refractivity contribution >= 4 is 23.1 Å². The summed E-state index contributed by atoms with van der Waals surface area (Å²) in [5.41, 5.74) is 5.31. The number of fused-ring (bicyclic) bond motifs is 2. The van der Waals surface area contributed by atoms with Gasteiger partial charge in [0.05, 0.1) is 23.2 Å². The molecule has 0 aliphatic carbocycles. The Bertz CT molecular complexity index is 1400. The summed E-state index contributed by atoms with van der Waals surface area (Å²) in [7, 11) is 0. The molecule has 5 aromatic rings. The van der Waals surface area contributed by atoms with Gasteiger partial charge in [-0.15, -0.1) is 5.10 Å². The van der Waals surface area contributed by atoms with E-state index >= 15 is 0 Å². The largest absolute Gasteiger partial charge is 0.402 e. The SMILES string of the molecule is Cc1cccnc1-c1nnc(N2CCc3[nH]cnc3[C@H]2c2cc3cccc(Cl)n3n2)o1. The van der Waals surface area contributed by atoms with Crippen LogP contribution in [0.5, 0.6) is 0 Å². The predicted molar refractivity (Wildman–Crippen MR) is 114 cm³/mol. The molecule has 5 aromatic heterocycles. The van der Waals surface area contributed by atoms with Crippen molar-refractivity contribution in [3.63, 3.8) is 0 Å². The zero-order valence-corrected chi connectivity index (χ0v) is 17.3. The second-order valence-electron chi connectivity index (χ2n) is 7.43. The van der Waals surface area contributed by atoms with Crippen LogP contribution in [0.1, 0.15) is 28.7 Å². The summed E-state index contributed by atoms with van der Waals surface area (Å²) in [4.78, 5) is 14.2. The molecule has 0 saturated heterocycles. The van der Waals surface area contributed by atoms with Crippen LogP contribution >= 0.6 is 11.6 Å². The second kappa shape index (κ2) is 6.92. The Kier molecular flexibility index (Phi) is 4.03. The van der Waals surface area contributed by atoms with E-state index in [1.165, 1.54) is 0 Å². The summed E-state index contributed by atoms with van der Waals surface area (Å²) in [6.45, 7) is 2.64. The van der Waals surface area contributed by atoms with Gasteiger partial charge < -0.3 is 14.3 Å². The molecule has 0 saturated carbocycles. The Morgan fingerprint density at radius 3 is 2.97 bits per heavy atom. The Hall–Kier alpha value is -3.72. The van der Waals surface area contributed by atoms with Crippen LogP contribution in [0.3, 0.4) is 0 Å². The van der Waals surface area contributed by atoms with E-state index < -0.39 is 0 Å². The molecule has 9 nitrogen and oxygen atoms in total. The number of aromatic nitrogens is 7. The van der Waals surface area contributed by atoms with Crippen molar-refractivity contribution in [2.75, 3.05) is 11.4 Å².